The van der Waals surface area contributed by atoms with Gasteiger partial charge >= 0.3 is 5.97 Å². The van der Waals surface area contributed by atoms with Crippen LogP contribution in [0.2, 0.25) is 0 Å². The molecule has 0 saturated carbocycles. The van der Waals surface area contributed by atoms with E-state index in [-0.39, 0.29) is 24.1 Å². The highest BCUT2D eigenvalue weighted by molar-refractivity contribution is 6.05. The molecular formula is C19H20N2O5. The van der Waals surface area contributed by atoms with Gasteiger partial charge in [-0.25, -0.2) is 0 Å². The number of allylic oxidation sites excluding steroid dienone is 1. The van der Waals surface area contributed by atoms with Crippen LogP contribution in [0.1, 0.15) is 31.7 Å². The Hall–Kier alpha value is -2.83. The lowest BCUT2D eigenvalue weighted by Crippen LogP contribution is -2.46. The van der Waals surface area contributed by atoms with E-state index in [2.05, 4.69) is 4.99 Å². The van der Waals surface area contributed by atoms with E-state index < -0.39 is 28.6 Å². The van der Waals surface area contributed by atoms with Crippen LogP contribution in [-0.2, 0) is 14.3 Å². The number of rotatable bonds is 4. The van der Waals surface area contributed by atoms with Gasteiger partial charge in [-0.1, -0.05) is 18.2 Å². The molecule has 1 aromatic carbocycles. The monoisotopic (exact) mass is 356 g/mol. The molecule has 2 aliphatic rings. The first-order chi connectivity index (χ1) is 12.4. The molecule has 1 aliphatic carbocycles. The number of fused-ring (bicyclic) bond motifs is 1. The number of carbonyl (C=O) groups excluding carboxylic acids is 2. The molecule has 0 fully saturated rings. The van der Waals surface area contributed by atoms with Crippen molar-refractivity contribution < 1.29 is 19.2 Å². The molecule has 0 unspecified atom stereocenters. The van der Waals surface area contributed by atoms with Crippen LogP contribution >= 0.6 is 0 Å². The van der Waals surface area contributed by atoms with E-state index in [1.165, 1.54) is 18.2 Å². The molecule has 0 aromatic heterocycles. The summed E-state index contributed by atoms with van der Waals surface area (Å²) in [6.07, 6.45) is 3.97. The van der Waals surface area contributed by atoms with Crippen molar-refractivity contribution in [3.05, 3.63) is 52.1 Å². The van der Waals surface area contributed by atoms with Gasteiger partial charge in [-0.05, 0) is 31.9 Å². The van der Waals surface area contributed by atoms with E-state index in [1.807, 2.05) is 0 Å². The summed E-state index contributed by atoms with van der Waals surface area (Å²) in [7, 11) is 0. The standard InChI is InChI=1S/C19H20N2O5/c1-3-26-19(23)16-11(2)20-14-5-4-6-15(22)18(14)17(16)12-7-9-13(10-8-12)21(24)25/h4,6-10,14,16-18H,3,5H2,1-2H3/t14-,16+,17+,18+/m0/s1. The summed E-state index contributed by atoms with van der Waals surface area (Å²) >= 11 is 0. The molecule has 0 spiro atoms. The van der Waals surface area contributed by atoms with Crippen LogP contribution in [0, 0.1) is 22.0 Å². The number of nitrogens with zero attached hydrogens (tertiary/aromatic N) is 2. The van der Waals surface area contributed by atoms with E-state index >= 15 is 0 Å². The summed E-state index contributed by atoms with van der Waals surface area (Å²) in [5, 5.41) is 10.9. The molecule has 3 rings (SSSR count). The largest absolute Gasteiger partial charge is 0.465 e. The van der Waals surface area contributed by atoms with Crippen LogP contribution in [-0.4, -0.2) is 35.0 Å². The molecule has 1 heterocycles. The lowest BCUT2D eigenvalue weighted by Gasteiger charge is -2.40. The molecule has 7 nitrogen and oxygen atoms in total. The molecule has 26 heavy (non-hydrogen) atoms. The molecule has 136 valence electrons. The van der Waals surface area contributed by atoms with E-state index in [4.69, 9.17) is 4.74 Å². The number of non-ortho nitro benzene ring substituents is 1. The quantitative estimate of drug-likeness (QED) is 0.469. The maximum Gasteiger partial charge on any atom is 0.315 e. The highest BCUT2D eigenvalue weighted by Gasteiger charge is 2.48. The molecule has 0 N–H and O–H groups in total. The number of nitro benzene ring substituents is 1. The molecule has 1 aliphatic heterocycles. The minimum absolute atomic E-state index is 0.0333. The van der Waals surface area contributed by atoms with Gasteiger partial charge in [0.1, 0.15) is 5.92 Å². The molecule has 0 bridgehead atoms. The summed E-state index contributed by atoms with van der Waals surface area (Å²) in [5.74, 6) is -2.09. The van der Waals surface area contributed by atoms with Gasteiger partial charge in [0.05, 0.1) is 23.5 Å². The van der Waals surface area contributed by atoms with Crippen molar-refractivity contribution in [1.29, 1.82) is 0 Å². The number of hydrogen-bond donors (Lipinski definition) is 0. The summed E-state index contributed by atoms with van der Waals surface area (Å²) in [6.45, 7) is 3.74. The van der Waals surface area contributed by atoms with Gasteiger partial charge in [0.2, 0.25) is 0 Å². The Balaban J connectivity index is 2.09. The fraction of sp³-hybridized carbons (Fsp3) is 0.421. The third kappa shape index (κ3) is 3.16. The van der Waals surface area contributed by atoms with Gasteiger partial charge in [0.15, 0.2) is 5.78 Å². The first-order valence-electron chi connectivity index (χ1n) is 8.59. The number of hydrogen-bond acceptors (Lipinski definition) is 6. The zero-order chi connectivity index (χ0) is 18.8. The Bertz CT molecular complexity index is 797. The van der Waals surface area contributed by atoms with Crippen molar-refractivity contribution in [2.45, 2.75) is 32.2 Å². The van der Waals surface area contributed by atoms with Crippen LogP contribution in [0.25, 0.3) is 0 Å². The SMILES string of the molecule is CCOC(=O)[C@@H]1C(C)=N[C@H]2CC=CC(=O)[C@@H]2[C@@H]1c1ccc([N+](=O)[O-])cc1. The summed E-state index contributed by atoms with van der Waals surface area (Å²) < 4.78 is 5.22. The second-order valence-corrected chi connectivity index (χ2v) is 6.51. The van der Waals surface area contributed by atoms with Crippen LogP contribution in [0.15, 0.2) is 41.4 Å². The maximum absolute atomic E-state index is 12.6. The minimum atomic E-state index is -0.673. The van der Waals surface area contributed by atoms with Crippen LogP contribution in [0.5, 0.6) is 0 Å². The predicted molar refractivity (Wildman–Crippen MR) is 95.1 cm³/mol. The molecular weight excluding hydrogens is 336 g/mol. The Morgan fingerprint density at radius 2 is 2.00 bits per heavy atom. The second-order valence-electron chi connectivity index (χ2n) is 6.51. The summed E-state index contributed by atoms with van der Waals surface area (Å²) in [4.78, 5) is 40.3. The normalized spacial score (nSPS) is 27.5. The van der Waals surface area contributed by atoms with Gasteiger partial charge in [-0.2, -0.15) is 0 Å². The molecule has 1 aromatic rings. The van der Waals surface area contributed by atoms with E-state index in [9.17, 15) is 19.7 Å². The van der Waals surface area contributed by atoms with E-state index in [1.54, 1.807) is 32.1 Å². The molecule has 7 heteroatoms. The van der Waals surface area contributed by atoms with Crippen LogP contribution in [0.4, 0.5) is 5.69 Å². The van der Waals surface area contributed by atoms with E-state index in [0.717, 1.165) is 0 Å². The van der Waals surface area contributed by atoms with Gasteiger partial charge in [0, 0.05) is 23.8 Å². The van der Waals surface area contributed by atoms with E-state index in [0.29, 0.717) is 17.7 Å². The molecule has 0 saturated heterocycles. The lowest BCUT2D eigenvalue weighted by molar-refractivity contribution is -0.384. The third-order valence-corrected chi connectivity index (χ3v) is 5.00. The number of carbonyl (C=O) groups is 2. The Kier molecular flexibility index (Phi) is 4.97. The zero-order valence-corrected chi connectivity index (χ0v) is 14.6. The van der Waals surface area contributed by atoms with Crippen molar-refractivity contribution in [3.8, 4) is 0 Å². The van der Waals surface area contributed by atoms with Crippen molar-refractivity contribution in [1.82, 2.24) is 0 Å². The topological polar surface area (TPSA) is 98.9 Å². The Morgan fingerprint density at radius 1 is 1.31 bits per heavy atom. The zero-order valence-electron chi connectivity index (χ0n) is 14.6. The fourth-order valence-corrected chi connectivity index (χ4v) is 3.90. The van der Waals surface area contributed by atoms with Crippen molar-refractivity contribution in [2.24, 2.45) is 16.8 Å². The third-order valence-electron chi connectivity index (χ3n) is 5.00. The van der Waals surface area contributed by atoms with Crippen molar-refractivity contribution in [3.63, 3.8) is 0 Å². The van der Waals surface area contributed by atoms with Gasteiger partial charge in [-0.15, -0.1) is 0 Å². The number of esters is 1. The second kappa shape index (κ2) is 7.19. The smallest absolute Gasteiger partial charge is 0.315 e. The fourth-order valence-electron chi connectivity index (χ4n) is 3.90. The number of aliphatic imine (C=N–C) groups is 1. The first kappa shape index (κ1) is 18.0. The van der Waals surface area contributed by atoms with Gasteiger partial charge in [-0.3, -0.25) is 24.7 Å². The molecule has 4 atom stereocenters. The average Bonchev–Trinajstić information content (AvgIpc) is 2.61. The molecule has 0 amide bonds. The number of ketones is 1. The van der Waals surface area contributed by atoms with Crippen molar-refractivity contribution in [2.75, 3.05) is 6.61 Å². The maximum atomic E-state index is 12.6. The van der Waals surface area contributed by atoms with Crippen LogP contribution < -0.4 is 0 Å². The average molecular weight is 356 g/mol. The number of nitro groups is 1. The number of ether oxygens (including phenoxy) is 1. The predicted octanol–water partition coefficient (Wildman–Crippen LogP) is 2.85. The Labute approximate surface area is 150 Å². The molecule has 0 radical (unpaired) electrons. The lowest BCUT2D eigenvalue weighted by atomic mass is 9.66. The van der Waals surface area contributed by atoms with Crippen LogP contribution in [0.3, 0.4) is 0 Å². The highest BCUT2D eigenvalue weighted by atomic mass is 16.6. The highest BCUT2D eigenvalue weighted by Crippen LogP contribution is 2.43. The summed E-state index contributed by atoms with van der Waals surface area (Å²) in [6, 6.07) is 5.82. The number of benzene rings is 1. The van der Waals surface area contributed by atoms with Gasteiger partial charge in [0.25, 0.3) is 5.69 Å². The van der Waals surface area contributed by atoms with Crippen molar-refractivity contribution >= 4 is 23.2 Å². The van der Waals surface area contributed by atoms with Gasteiger partial charge < -0.3 is 4.74 Å². The summed E-state index contributed by atoms with van der Waals surface area (Å²) in [5.41, 5.74) is 1.31. The first-order valence-corrected chi connectivity index (χ1v) is 8.59. The Morgan fingerprint density at radius 3 is 2.62 bits per heavy atom. The minimum Gasteiger partial charge on any atom is -0.465 e.